The molecule has 1 aromatic carbocycles. The van der Waals surface area contributed by atoms with E-state index in [2.05, 4.69) is 53.4 Å². The first-order valence-electron chi connectivity index (χ1n) is 11.5. The molecule has 2 fully saturated rings. The van der Waals surface area contributed by atoms with E-state index in [1.54, 1.807) is 7.11 Å². The Bertz CT molecular complexity index is 642. The Morgan fingerprint density at radius 2 is 1.93 bits per heavy atom. The highest BCUT2D eigenvalue weighted by atomic mass is 16.5. The molecule has 5 heteroatoms. The summed E-state index contributed by atoms with van der Waals surface area (Å²) in [5.74, 6) is 1.65. The van der Waals surface area contributed by atoms with Crippen molar-refractivity contribution in [1.82, 2.24) is 15.1 Å². The molecular weight excluding hydrogens is 360 g/mol. The highest BCUT2D eigenvalue weighted by molar-refractivity contribution is 5.80. The predicted octanol–water partition coefficient (Wildman–Crippen LogP) is 3.88. The van der Waals surface area contributed by atoms with Crippen LogP contribution in [-0.2, 0) is 17.8 Å². The number of nitrogens with one attached hydrogen (secondary N) is 1. The first kappa shape index (κ1) is 22.1. The molecular formula is C24H40N4O. The van der Waals surface area contributed by atoms with Gasteiger partial charge < -0.3 is 15.0 Å². The highest BCUT2D eigenvalue weighted by Gasteiger charge is 2.25. The normalized spacial score (nSPS) is 21.2. The summed E-state index contributed by atoms with van der Waals surface area (Å²) in [5.41, 5.74) is 2.76. The Hall–Kier alpha value is -1.59. The number of aliphatic imine (C=N–C) groups is 1. The molecule has 29 heavy (non-hydrogen) atoms. The molecule has 1 aliphatic heterocycles. The molecule has 0 radical (unpaired) electrons. The fourth-order valence-corrected chi connectivity index (χ4v) is 4.77. The first-order valence-corrected chi connectivity index (χ1v) is 11.5. The van der Waals surface area contributed by atoms with Crippen LogP contribution in [0.3, 0.4) is 0 Å². The van der Waals surface area contributed by atoms with Crippen LogP contribution in [0, 0.1) is 5.92 Å². The fourth-order valence-electron chi connectivity index (χ4n) is 4.77. The van der Waals surface area contributed by atoms with E-state index in [-0.39, 0.29) is 0 Å². The largest absolute Gasteiger partial charge is 0.384 e. The van der Waals surface area contributed by atoms with E-state index in [1.807, 2.05) is 0 Å². The van der Waals surface area contributed by atoms with E-state index in [1.165, 1.54) is 49.7 Å². The minimum Gasteiger partial charge on any atom is -0.384 e. The number of ether oxygens (including phenoxy) is 1. The van der Waals surface area contributed by atoms with Crippen molar-refractivity contribution >= 4 is 5.96 Å². The fraction of sp³-hybridized carbons (Fsp3) is 0.708. The van der Waals surface area contributed by atoms with E-state index in [9.17, 15) is 0 Å². The maximum Gasteiger partial charge on any atom is 0.194 e. The minimum absolute atomic E-state index is 0.611. The van der Waals surface area contributed by atoms with Crippen molar-refractivity contribution in [2.75, 3.05) is 40.4 Å². The van der Waals surface area contributed by atoms with Crippen LogP contribution in [0.2, 0.25) is 0 Å². The van der Waals surface area contributed by atoms with Gasteiger partial charge >= 0.3 is 0 Å². The Labute approximate surface area is 177 Å². The second-order valence-corrected chi connectivity index (χ2v) is 8.70. The van der Waals surface area contributed by atoms with Gasteiger partial charge in [0, 0.05) is 45.2 Å². The smallest absolute Gasteiger partial charge is 0.194 e. The Morgan fingerprint density at radius 1 is 1.17 bits per heavy atom. The molecule has 1 aromatic rings. The number of nitrogens with zero attached hydrogens (tertiary/aromatic N) is 3. The number of hydrogen-bond acceptors (Lipinski definition) is 3. The quantitative estimate of drug-likeness (QED) is 0.531. The van der Waals surface area contributed by atoms with Crippen molar-refractivity contribution in [3.05, 3.63) is 35.4 Å². The zero-order valence-electron chi connectivity index (χ0n) is 18.7. The number of likely N-dealkylation sites (tertiary alicyclic amines) is 1. The van der Waals surface area contributed by atoms with Crippen LogP contribution < -0.4 is 5.32 Å². The summed E-state index contributed by atoms with van der Waals surface area (Å²) in [6, 6.07) is 9.57. The van der Waals surface area contributed by atoms with Crippen LogP contribution in [-0.4, -0.2) is 62.2 Å². The summed E-state index contributed by atoms with van der Waals surface area (Å²) >= 11 is 0. The monoisotopic (exact) mass is 400 g/mol. The van der Waals surface area contributed by atoms with Gasteiger partial charge in [0.05, 0.1) is 13.2 Å². The molecule has 1 unspecified atom stereocenters. The molecule has 3 rings (SSSR count). The maximum atomic E-state index is 5.35. The summed E-state index contributed by atoms with van der Waals surface area (Å²) in [5, 5.41) is 3.49. The standard InChI is InChI=1S/C24H40N4O/c1-4-25-24(28-15-14-20(17-28)19-29-3)26-16-21-10-8-9-11-22(21)18-27(2)23-12-6-5-7-13-23/h8-11,20,23H,4-7,12-19H2,1-3H3,(H,25,26). The van der Waals surface area contributed by atoms with Gasteiger partial charge in [0.2, 0.25) is 0 Å². The van der Waals surface area contributed by atoms with Crippen molar-refractivity contribution in [3.8, 4) is 0 Å². The van der Waals surface area contributed by atoms with E-state index in [0.717, 1.165) is 51.3 Å². The Kier molecular flexibility index (Phi) is 8.81. The van der Waals surface area contributed by atoms with Crippen LogP contribution in [0.1, 0.15) is 56.6 Å². The third-order valence-corrected chi connectivity index (χ3v) is 6.46. The van der Waals surface area contributed by atoms with Gasteiger partial charge in [0.25, 0.3) is 0 Å². The molecule has 1 heterocycles. The summed E-state index contributed by atoms with van der Waals surface area (Å²) in [7, 11) is 4.09. The second-order valence-electron chi connectivity index (χ2n) is 8.70. The third kappa shape index (κ3) is 6.45. The van der Waals surface area contributed by atoms with Gasteiger partial charge in [-0.05, 0) is 44.4 Å². The van der Waals surface area contributed by atoms with Gasteiger partial charge in [-0.2, -0.15) is 0 Å². The van der Waals surface area contributed by atoms with Gasteiger partial charge in [0.1, 0.15) is 0 Å². The molecule has 1 atom stereocenters. The number of guanidine groups is 1. The lowest BCUT2D eigenvalue weighted by molar-refractivity contribution is 0.157. The van der Waals surface area contributed by atoms with Crippen molar-refractivity contribution in [2.24, 2.45) is 10.9 Å². The lowest BCUT2D eigenvalue weighted by Gasteiger charge is -2.31. The number of hydrogen-bond donors (Lipinski definition) is 1. The Morgan fingerprint density at radius 3 is 2.66 bits per heavy atom. The van der Waals surface area contributed by atoms with Gasteiger partial charge in [0.15, 0.2) is 5.96 Å². The molecule has 2 aliphatic rings. The third-order valence-electron chi connectivity index (χ3n) is 6.46. The summed E-state index contributed by atoms with van der Waals surface area (Å²) in [6.07, 6.45) is 8.05. The van der Waals surface area contributed by atoms with E-state index >= 15 is 0 Å². The van der Waals surface area contributed by atoms with Gasteiger partial charge in [-0.15, -0.1) is 0 Å². The van der Waals surface area contributed by atoms with Crippen LogP contribution in [0.4, 0.5) is 0 Å². The molecule has 0 spiro atoms. The number of benzene rings is 1. The first-order chi connectivity index (χ1) is 14.2. The molecule has 0 bridgehead atoms. The topological polar surface area (TPSA) is 40.1 Å². The lowest BCUT2D eigenvalue weighted by atomic mass is 9.94. The molecule has 1 saturated heterocycles. The highest BCUT2D eigenvalue weighted by Crippen LogP contribution is 2.24. The van der Waals surface area contributed by atoms with Crippen molar-refractivity contribution < 1.29 is 4.74 Å². The van der Waals surface area contributed by atoms with Gasteiger partial charge in [-0.25, -0.2) is 4.99 Å². The van der Waals surface area contributed by atoms with Crippen LogP contribution in [0.25, 0.3) is 0 Å². The molecule has 1 saturated carbocycles. The lowest BCUT2D eigenvalue weighted by Crippen LogP contribution is -2.40. The van der Waals surface area contributed by atoms with Crippen molar-refractivity contribution in [1.29, 1.82) is 0 Å². The van der Waals surface area contributed by atoms with Gasteiger partial charge in [-0.3, -0.25) is 4.90 Å². The van der Waals surface area contributed by atoms with Crippen molar-refractivity contribution in [2.45, 2.75) is 64.6 Å². The molecule has 162 valence electrons. The predicted molar refractivity (Wildman–Crippen MR) is 121 cm³/mol. The zero-order valence-corrected chi connectivity index (χ0v) is 18.7. The second kappa shape index (κ2) is 11.6. The minimum atomic E-state index is 0.611. The molecule has 1 N–H and O–H groups in total. The number of rotatable bonds is 8. The molecule has 0 aromatic heterocycles. The molecule has 5 nitrogen and oxygen atoms in total. The number of methoxy groups -OCH3 is 1. The van der Waals surface area contributed by atoms with E-state index < -0.39 is 0 Å². The van der Waals surface area contributed by atoms with Crippen LogP contribution >= 0.6 is 0 Å². The summed E-state index contributed by atoms with van der Waals surface area (Å²) in [4.78, 5) is 9.96. The van der Waals surface area contributed by atoms with Crippen LogP contribution in [0.15, 0.2) is 29.3 Å². The molecule has 0 amide bonds. The summed E-state index contributed by atoms with van der Waals surface area (Å²) in [6.45, 7) is 7.74. The SMILES string of the molecule is CCNC(=NCc1ccccc1CN(C)C1CCCCC1)N1CCC(COC)C1. The Balaban J connectivity index is 1.65. The molecule has 1 aliphatic carbocycles. The average molecular weight is 401 g/mol. The van der Waals surface area contributed by atoms with Gasteiger partial charge in [-0.1, -0.05) is 43.5 Å². The maximum absolute atomic E-state index is 5.35. The van der Waals surface area contributed by atoms with E-state index in [4.69, 9.17) is 9.73 Å². The van der Waals surface area contributed by atoms with E-state index in [0.29, 0.717) is 5.92 Å². The van der Waals surface area contributed by atoms with Crippen molar-refractivity contribution in [3.63, 3.8) is 0 Å². The average Bonchev–Trinajstić information content (AvgIpc) is 3.21. The zero-order chi connectivity index (χ0) is 20.5. The summed E-state index contributed by atoms with van der Waals surface area (Å²) < 4.78 is 5.35. The van der Waals surface area contributed by atoms with Crippen LogP contribution in [0.5, 0.6) is 0 Å².